The highest BCUT2D eigenvalue weighted by Gasteiger charge is 2.27. The van der Waals surface area contributed by atoms with Crippen LogP contribution in [-0.2, 0) is 67.5 Å². The molecule has 0 aliphatic carbocycles. The number of benzene rings is 7. The summed E-state index contributed by atoms with van der Waals surface area (Å²) >= 11 is 4.08. The SMILES string of the molecule is CCCC[N+](CC)(CCC)CCOCCc1ccccc1.CCCC[N+](CC)(CCCC)CCOCc1ccccc1.CCC[N+](CC)(CCC)CCOCCc1ccccc1.CC[N+](CC)(CC)CCOCCc1ccccc1.CC[N+](CC)(CC)CCSCc1ccccc1.C[N+](C)(C)CCOCCc1ccccc1.C[N+](C)(C)CCSCc1ccccc1. The fraction of sp³-hybridized carbons (Fsp3) is 0.625. The second-order valence-electron chi connectivity index (χ2n) is 36.6. The molecule has 0 bridgehead atoms. The van der Waals surface area contributed by atoms with Crippen LogP contribution in [0.2, 0.25) is 0 Å². The molecule has 1 atom stereocenters. The average molecular weight is 1780 g/mol. The number of thioether (sulfide) groups is 2. The predicted octanol–water partition coefficient (Wildman–Crippen LogP) is 24.3. The van der Waals surface area contributed by atoms with Crippen molar-refractivity contribution in [2.24, 2.45) is 0 Å². The molecule has 0 aromatic heterocycles. The summed E-state index contributed by atoms with van der Waals surface area (Å²) in [5, 5.41) is 0. The number of ether oxygens (including phenoxy) is 5. The fourth-order valence-corrected chi connectivity index (χ4v) is 18.0. The third-order valence-electron chi connectivity index (χ3n) is 25.3. The molecule has 14 heteroatoms. The van der Waals surface area contributed by atoms with Crippen molar-refractivity contribution in [1.29, 1.82) is 0 Å². The predicted molar refractivity (Wildman–Crippen MR) is 556 cm³/mol. The molecular weight excluding hydrogens is 1590 g/mol. The molecule has 714 valence electrons. The maximum absolute atomic E-state index is 5.92. The highest BCUT2D eigenvalue weighted by molar-refractivity contribution is 7.98. The maximum Gasteiger partial charge on any atom is 0.102 e. The Balaban J connectivity index is 0.000000738. The molecule has 0 amide bonds. The zero-order valence-corrected chi connectivity index (χ0v) is 87.0. The van der Waals surface area contributed by atoms with Crippen LogP contribution in [0.4, 0.5) is 0 Å². The van der Waals surface area contributed by atoms with E-state index in [1.54, 1.807) is 0 Å². The van der Waals surface area contributed by atoms with Gasteiger partial charge in [0.2, 0.25) is 0 Å². The lowest BCUT2D eigenvalue weighted by Gasteiger charge is -2.38. The van der Waals surface area contributed by atoms with E-state index in [0.717, 1.165) is 138 Å². The number of hydrogen-bond donors (Lipinski definition) is 0. The summed E-state index contributed by atoms with van der Waals surface area (Å²) in [4.78, 5) is 0. The van der Waals surface area contributed by atoms with Crippen LogP contribution in [0.25, 0.3) is 0 Å². The first-order valence-corrected chi connectivity index (χ1v) is 52.4. The smallest absolute Gasteiger partial charge is 0.102 e. The van der Waals surface area contributed by atoms with E-state index in [2.05, 4.69) is 364 Å². The third-order valence-corrected chi connectivity index (χ3v) is 27.3. The lowest BCUT2D eigenvalue weighted by molar-refractivity contribution is -0.927. The molecule has 0 fully saturated rings. The van der Waals surface area contributed by atoms with Crippen molar-refractivity contribution in [1.82, 2.24) is 0 Å². The monoisotopic (exact) mass is 1780 g/mol. The highest BCUT2D eigenvalue weighted by atomic mass is 32.2. The normalized spacial score (nSPS) is 12.1. The molecule has 7 aromatic carbocycles. The summed E-state index contributed by atoms with van der Waals surface area (Å²) in [6, 6.07) is 74.1. The molecule has 0 saturated heterocycles. The highest BCUT2D eigenvalue weighted by Crippen LogP contribution is 2.19. The molecule has 1 unspecified atom stereocenters. The number of likely N-dealkylation sites (N-methyl/N-ethyl adjacent to an activating group) is 5. The third kappa shape index (κ3) is 60.7. The number of quaternary nitrogens is 7. The summed E-state index contributed by atoms with van der Waals surface area (Å²) in [5.74, 6) is 4.79. The van der Waals surface area contributed by atoms with Crippen LogP contribution < -0.4 is 0 Å². The Labute approximate surface area is 787 Å². The lowest BCUT2D eigenvalue weighted by atomic mass is 10.2. The number of hydrogen-bond acceptors (Lipinski definition) is 7. The summed E-state index contributed by atoms with van der Waals surface area (Å²) < 4.78 is 37.2. The summed E-state index contributed by atoms with van der Waals surface area (Å²) in [7, 11) is 13.3. The van der Waals surface area contributed by atoms with Gasteiger partial charge in [-0.15, -0.1) is 0 Å². The molecule has 0 heterocycles. The molecule has 0 radical (unpaired) electrons. The van der Waals surface area contributed by atoms with Crippen LogP contribution in [0.5, 0.6) is 0 Å². The van der Waals surface area contributed by atoms with Crippen molar-refractivity contribution >= 4 is 23.5 Å². The minimum atomic E-state index is 0.742. The minimum absolute atomic E-state index is 0.742. The number of nitrogens with zero attached hydrogens (tertiary/aromatic N) is 7. The largest absolute Gasteiger partial charge is 0.375 e. The zero-order valence-electron chi connectivity index (χ0n) is 85.3. The number of rotatable bonds is 63. The van der Waals surface area contributed by atoms with Crippen molar-refractivity contribution in [3.63, 3.8) is 0 Å². The molecule has 0 N–H and O–H groups in total. The molecule has 7 aromatic rings. The first kappa shape index (κ1) is 119. The second kappa shape index (κ2) is 76.3. The first-order chi connectivity index (χ1) is 61.0. The Morgan fingerprint density at radius 2 is 0.421 bits per heavy atom. The summed E-state index contributed by atoms with van der Waals surface area (Å²) in [5.41, 5.74) is 9.59. The molecule has 0 aliphatic rings. The van der Waals surface area contributed by atoms with Crippen LogP contribution >= 0.6 is 23.5 Å². The van der Waals surface area contributed by atoms with E-state index in [4.69, 9.17) is 23.7 Å². The van der Waals surface area contributed by atoms with Gasteiger partial charge in [0, 0.05) is 23.0 Å². The van der Waals surface area contributed by atoms with Crippen molar-refractivity contribution in [3.05, 3.63) is 251 Å². The number of unbranched alkanes of at least 4 members (excludes halogenated alkanes) is 3. The van der Waals surface area contributed by atoms with Crippen LogP contribution in [0.1, 0.15) is 201 Å². The van der Waals surface area contributed by atoms with Gasteiger partial charge in [0.1, 0.15) is 32.7 Å². The van der Waals surface area contributed by atoms with Crippen molar-refractivity contribution < 1.29 is 55.1 Å². The lowest BCUT2D eigenvalue weighted by Crippen LogP contribution is -2.51. The van der Waals surface area contributed by atoms with E-state index in [9.17, 15) is 0 Å². The molecular formula is C112H196N7O5S2+7. The zero-order chi connectivity index (χ0) is 92.9. The molecule has 0 spiro atoms. The van der Waals surface area contributed by atoms with E-state index in [-0.39, 0.29) is 0 Å². The van der Waals surface area contributed by atoms with Gasteiger partial charge in [0.15, 0.2) is 0 Å². The van der Waals surface area contributed by atoms with Gasteiger partial charge >= 0.3 is 0 Å². The van der Waals surface area contributed by atoms with Crippen molar-refractivity contribution in [2.75, 3.05) is 257 Å². The van der Waals surface area contributed by atoms with Crippen LogP contribution in [0.15, 0.2) is 212 Å². The summed E-state index contributed by atoms with van der Waals surface area (Å²) in [6.45, 7) is 70.0. The Bertz CT molecular complexity index is 3410. The first-order valence-electron chi connectivity index (χ1n) is 50.1. The van der Waals surface area contributed by atoms with Gasteiger partial charge in [-0.1, -0.05) is 273 Å². The van der Waals surface area contributed by atoms with Crippen molar-refractivity contribution in [3.8, 4) is 0 Å². The summed E-state index contributed by atoms with van der Waals surface area (Å²) in [6.07, 6.45) is 15.7. The quantitative estimate of drug-likeness (QED) is 0.0278. The minimum Gasteiger partial charge on any atom is -0.375 e. The van der Waals surface area contributed by atoms with Gasteiger partial charge in [-0.25, -0.2) is 0 Å². The van der Waals surface area contributed by atoms with Crippen LogP contribution in [0, 0.1) is 0 Å². The average Bonchev–Trinajstić information content (AvgIpc) is 0.890. The van der Waals surface area contributed by atoms with Gasteiger partial charge in [0.05, 0.1) is 220 Å². The van der Waals surface area contributed by atoms with E-state index >= 15 is 0 Å². The second-order valence-corrected chi connectivity index (χ2v) is 38.8. The van der Waals surface area contributed by atoms with Crippen LogP contribution in [0.3, 0.4) is 0 Å². The van der Waals surface area contributed by atoms with Gasteiger partial charge < -0.3 is 55.1 Å². The fourth-order valence-electron chi connectivity index (χ4n) is 15.6. The van der Waals surface area contributed by atoms with Gasteiger partial charge in [0.25, 0.3) is 0 Å². The molecule has 0 aliphatic heterocycles. The van der Waals surface area contributed by atoms with E-state index < -0.39 is 0 Å². The Morgan fingerprint density at radius 1 is 0.198 bits per heavy atom. The Kier molecular flexibility index (Phi) is 71.9. The van der Waals surface area contributed by atoms with Crippen molar-refractivity contribution in [2.45, 2.75) is 205 Å². The topological polar surface area (TPSA) is 46.2 Å². The molecule has 12 nitrogen and oxygen atoms in total. The Morgan fingerprint density at radius 3 is 0.683 bits per heavy atom. The Hall–Kier alpha value is -5.24. The molecule has 7 rings (SSSR count). The van der Waals surface area contributed by atoms with E-state index in [0.29, 0.717) is 0 Å². The van der Waals surface area contributed by atoms with Gasteiger partial charge in [-0.2, -0.15) is 23.5 Å². The van der Waals surface area contributed by atoms with Crippen LogP contribution in [-0.4, -0.2) is 289 Å². The molecule has 126 heavy (non-hydrogen) atoms. The maximum atomic E-state index is 5.92. The standard InChI is InChI=1S/2C19H34NO.C18H32NO.C16H28NO.C15H26NS.C13H22NO.C12H20NS/c1-4-7-15-20(6-3,14-5-2)16-18-21-17-13-19-11-9-8-10-12-19;1-4-7-14-20(6-3,15-8-5-2)16-17-21-18-19-12-10-9-11-13-19;1-4-13-19(6-3,14-5-2)15-17-20-16-12-18-10-8-7-9-11-18;1-4-17(5-2,6-3)13-15-18-14-12-16-10-8-7-9-11-16;1-4-16(5-2,6-3)12-13-17-14-15-10-8-7-9-11-15;1-14(2,3)10-12-15-11-9-13-7-5-4-6-8-13;1-13(2,3)9-10-14-11-12-7-5-4-6-8-12/h8-12H,4-7,13-18H2,1-3H3;9-13H,4-8,14-18H2,1-3H3;7-11H,4-6,12-17H2,1-3H3;7-11H,4-6,12-15H2,1-3H3;7-11H,4-6,12-14H2,1-3H3;4-8H,9-12H2,1-3H3;4-8H,9-11H2,1-3H3/q7*+1. The molecule has 0 saturated carbocycles. The van der Waals surface area contributed by atoms with Gasteiger partial charge in [-0.3, -0.25) is 0 Å². The van der Waals surface area contributed by atoms with E-state index in [1.807, 2.05) is 17.8 Å². The van der Waals surface area contributed by atoms with Gasteiger partial charge in [-0.05, 0) is 165 Å². The van der Waals surface area contributed by atoms with E-state index in [1.165, 1.54) is 248 Å².